The molecule has 2 rings (SSSR count). The number of rotatable bonds is 5. The van der Waals surface area contributed by atoms with Gasteiger partial charge in [0.1, 0.15) is 11.3 Å². The van der Waals surface area contributed by atoms with Crippen molar-refractivity contribution in [2.24, 2.45) is 10.2 Å². The van der Waals surface area contributed by atoms with Crippen molar-refractivity contribution < 1.29 is 24.6 Å². The Kier molecular flexibility index (Phi) is 4.78. The summed E-state index contributed by atoms with van der Waals surface area (Å²) in [6, 6.07) is 9.78. The Morgan fingerprint density at radius 3 is 2.22 bits per heavy atom. The molecule has 0 bridgehead atoms. The summed E-state index contributed by atoms with van der Waals surface area (Å²) in [5.41, 5.74) is 0.691. The van der Waals surface area contributed by atoms with Crippen LogP contribution in [0.3, 0.4) is 0 Å². The molecule has 0 aromatic heterocycles. The van der Waals surface area contributed by atoms with Gasteiger partial charge in [-0.1, -0.05) is 0 Å². The lowest BCUT2D eigenvalue weighted by Gasteiger charge is -2.00. The highest BCUT2D eigenvalue weighted by molar-refractivity contribution is 5.99. The fourth-order valence-corrected chi connectivity index (χ4v) is 1.69. The number of aromatic hydroxyl groups is 1. The molecule has 116 valence electrons. The average molecular weight is 313 g/mol. The van der Waals surface area contributed by atoms with Crippen LogP contribution in [0.15, 0.2) is 52.7 Å². The molecule has 0 unspecified atom stereocenters. The van der Waals surface area contributed by atoms with Crippen molar-refractivity contribution in [3.8, 4) is 5.75 Å². The number of benzene rings is 2. The van der Waals surface area contributed by atoms with Crippen LogP contribution in [-0.2, 0) is 4.79 Å². The number of carbonyl (C=O) groups excluding carboxylic acids is 2. The molecule has 0 aliphatic heterocycles. The number of hydrogen-bond donors (Lipinski definition) is 3. The second-order valence-corrected chi connectivity index (χ2v) is 4.34. The van der Waals surface area contributed by atoms with Crippen LogP contribution in [0.2, 0.25) is 0 Å². The van der Waals surface area contributed by atoms with Crippen molar-refractivity contribution in [2.75, 3.05) is 0 Å². The highest BCUT2D eigenvalue weighted by Crippen LogP contribution is 2.25. The van der Waals surface area contributed by atoms with E-state index in [1.54, 1.807) is 0 Å². The number of nitrogens with zero attached hydrogens (tertiary/aromatic N) is 2. The van der Waals surface area contributed by atoms with E-state index in [0.717, 1.165) is 0 Å². The quantitative estimate of drug-likeness (QED) is 0.576. The number of aromatic carboxylic acids is 1. The van der Waals surface area contributed by atoms with Gasteiger partial charge >= 0.3 is 5.97 Å². The third kappa shape index (κ3) is 3.97. The van der Waals surface area contributed by atoms with Crippen molar-refractivity contribution in [1.29, 1.82) is 0 Å². The van der Waals surface area contributed by atoms with Crippen LogP contribution in [0.4, 0.5) is 11.4 Å². The normalized spacial score (nSPS) is 10.4. The minimum atomic E-state index is -1.27. The number of amides is 2. The van der Waals surface area contributed by atoms with Gasteiger partial charge in [0.15, 0.2) is 0 Å². The lowest BCUT2D eigenvalue weighted by molar-refractivity contribution is -0.108. The van der Waals surface area contributed by atoms with Crippen molar-refractivity contribution in [2.45, 2.75) is 0 Å². The molecular weight excluding hydrogens is 302 g/mol. The maximum atomic E-state index is 11.4. The molecule has 0 heterocycles. The van der Waals surface area contributed by atoms with E-state index in [-0.39, 0.29) is 22.6 Å². The molecule has 8 nitrogen and oxygen atoms in total. The van der Waals surface area contributed by atoms with Gasteiger partial charge in [0.2, 0.25) is 6.41 Å². The van der Waals surface area contributed by atoms with Crippen molar-refractivity contribution in [3.05, 3.63) is 53.6 Å². The van der Waals surface area contributed by atoms with Gasteiger partial charge in [0, 0.05) is 5.56 Å². The molecule has 0 saturated carbocycles. The fraction of sp³-hybridized carbons (Fsp3) is 0. The van der Waals surface area contributed by atoms with Crippen molar-refractivity contribution in [3.63, 3.8) is 0 Å². The molecule has 2 aromatic carbocycles. The van der Waals surface area contributed by atoms with Crippen molar-refractivity contribution >= 4 is 29.7 Å². The highest BCUT2D eigenvalue weighted by Gasteiger charge is 2.10. The van der Waals surface area contributed by atoms with Crippen LogP contribution < -0.4 is 5.32 Å². The predicted molar refractivity (Wildman–Crippen MR) is 79.2 cm³/mol. The number of nitrogens with one attached hydrogen (secondary N) is 1. The molecule has 0 radical (unpaired) electrons. The Morgan fingerprint density at radius 1 is 1.00 bits per heavy atom. The summed E-state index contributed by atoms with van der Waals surface area (Å²) in [7, 11) is 0. The first-order valence-corrected chi connectivity index (χ1v) is 6.34. The smallest absolute Gasteiger partial charge is 0.339 e. The van der Waals surface area contributed by atoms with E-state index in [1.165, 1.54) is 42.5 Å². The van der Waals surface area contributed by atoms with Gasteiger partial charge in [-0.25, -0.2) is 4.79 Å². The Bertz CT molecular complexity index is 784. The van der Waals surface area contributed by atoms with E-state index >= 15 is 0 Å². The van der Waals surface area contributed by atoms with E-state index in [0.29, 0.717) is 12.1 Å². The number of carboxylic acids is 1. The monoisotopic (exact) mass is 313 g/mol. The summed E-state index contributed by atoms with van der Waals surface area (Å²) < 4.78 is 0. The molecule has 8 heteroatoms. The number of phenols is 1. The van der Waals surface area contributed by atoms with Crippen LogP contribution in [0.1, 0.15) is 20.7 Å². The molecule has 0 aliphatic rings. The standard InChI is InChI=1S/C15H11N3O5/c19-8-16-14(21)9-1-3-10(4-2-9)17-18-11-5-6-13(20)12(7-11)15(22)23/h1-8,20H,(H,22,23)(H,16,19,21)/b18-17+. The first kappa shape index (κ1) is 15.8. The number of azo groups is 1. The van der Waals surface area contributed by atoms with Crippen LogP contribution in [0.25, 0.3) is 0 Å². The lowest BCUT2D eigenvalue weighted by atomic mass is 10.2. The van der Waals surface area contributed by atoms with Crippen LogP contribution in [0.5, 0.6) is 5.75 Å². The number of carboxylic acid groups (broad SMARTS) is 1. The Hall–Kier alpha value is -3.55. The van der Waals surface area contributed by atoms with E-state index < -0.39 is 11.9 Å². The van der Waals surface area contributed by atoms with Gasteiger partial charge in [-0.15, -0.1) is 0 Å². The summed E-state index contributed by atoms with van der Waals surface area (Å²) in [4.78, 5) is 32.5. The molecule has 2 aromatic rings. The minimum Gasteiger partial charge on any atom is -0.507 e. The van der Waals surface area contributed by atoms with E-state index in [9.17, 15) is 19.5 Å². The number of carbonyl (C=O) groups is 3. The highest BCUT2D eigenvalue weighted by atomic mass is 16.4. The summed E-state index contributed by atoms with van der Waals surface area (Å²) in [6.07, 6.45) is 0.292. The molecular formula is C15H11N3O5. The molecule has 0 fully saturated rings. The van der Waals surface area contributed by atoms with Gasteiger partial charge in [-0.3, -0.25) is 14.9 Å². The summed E-state index contributed by atoms with van der Waals surface area (Å²) in [5.74, 6) is -2.17. The third-order valence-electron chi connectivity index (χ3n) is 2.81. The number of imide groups is 1. The second-order valence-electron chi connectivity index (χ2n) is 4.34. The Balaban J connectivity index is 2.17. The van der Waals surface area contributed by atoms with E-state index in [4.69, 9.17) is 5.11 Å². The Morgan fingerprint density at radius 2 is 1.61 bits per heavy atom. The molecule has 23 heavy (non-hydrogen) atoms. The summed E-state index contributed by atoms with van der Waals surface area (Å²) in [6.45, 7) is 0. The molecule has 3 N–H and O–H groups in total. The van der Waals surface area contributed by atoms with Crippen LogP contribution in [0, 0.1) is 0 Å². The first-order valence-electron chi connectivity index (χ1n) is 6.34. The SMILES string of the molecule is O=CNC(=O)c1ccc(/N=N/c2ccc(O)c(C(=O)O)c2)cc1. The second kappa shape index (κ2) is 6.94. The van der Waals surface area contributed by atoms with Crippen LogP contribution in [-0.4, -0.2) is 28.5 Å². The third-order valence-corrected chi connectivity index (χ3v) is 2.81. The summed E-state index contributed by atoms with van der Waals surface area (Å²) >= 11 is 0. The molecule has 0 spiro atoms. The van der Waals surface area contributed by atoms with Gasteiger partial charge < -0.3 is 10.2 Å². The minimum absolute atomic E-state index is 0.253. The van der Waals surface area contributed by atoms with Gasteiger partial charge in [-0.05, 0) is 42.5 Å². The lowest BCUT2D eigenvalue weighted by Crippen LogP contribution is -2.20. The maximum Gasteiger partial charge on any atom is 0.339 e. The van der Waals surface area contributed by atoms with Gasteiger partial charge in [0.25, 0.3) is 5.91 Å². The zero-order chi connectivity index (χ0) is 16.8. The molecule has 2 amide bonds. The maximum absolute atomic E-state index is 11.4. The van der Waals surface area contributed by atoms with Gasteiger partial charge in [0.05, 0.1) is 11.4 Å². The zero-order valence-corrected chi connectivity index (χ0v) is 11.6. The van der Waals surface area contributed by atoms with Crippen LogP contribution >= 0.6 is 0 Å². The molecule has 0 aliphatic carbocycles. The fourth-order valence-electron chi connectivity index (χ4n) is 1.69. The van der Waals surface area contributed by atoms with Gasteiger partial charge in [-0.2, -0.15) is 10.2 Å². The average Bonchev–Trinajstić information content (AvgIpc) is 2.54. The van der Waals surface area contributed by atoms with E-state index in [1.807, 2.05) is 5.32 Å². The van der Waals surface area contributed by atoms with Crippen molar-refractivity contribution in [1.82, 2.24) is 5.32 Å². The molecule has 0 atom stereocenters. The number of hydrogen-bond acceptors (Lipinski definition) is 6. The largest absolute Gasteiger partial charge is 0.507 e. The molecule has 0 saturated heterocycles. The topological polar surface area (TPSA) is 128 Å². The predicted octanol–water partition coefficient (Wildman–Crippen LogP) is 2.39. The first-order chi connectivity index (χ1) is 11.0. The van der Waals surface area contributed by atoms with E-state index in [2.05, 4.69) is 10.2 Å². The summed E-state index contributed by atoms with van der Waals surface area (Å²) in [5, 5.41) is 28.1. The zero-order valence-electron chi connectivity index (χ0n) is 11.6. The Labute approximate surface area is 130 Å².